The van der Waals surface area contributed by atoms with Crippen molar-refractivity contribution in [2.75, 3.05) is 5.88 Å². The molecule has 108 valence electrons. The van der Waals surface area contributed by atoms with E-state index in [1.807, 2.05) is 6.92 Å². The summed E-state index contributed by atoms with van der Waals surface area (Å²) in [7, 11) is -3.64. The van der Waals surface area contributed by atoms with E-state index in [1.165, 1.54) is 0 Å². The first-order chi connectivity index (χ1) is 9.37. The zero-order valence-electron chi connectivity index (χ0n) is 11.7. The summed E-state index contributed by atoms with van der Waals surface area (Å²) in [5.41, 5.74) is 3.25. The number of benzene rings is 1. The van der Waals surface area contributed by atoms with Crippen molar-refractivity contribution < 1.29 is 8.42 Å². The van der Waals surface area contributed by atoms with Crippen molar-refractivity contribution in [3.05, 3.63) is 46.8 Å². The van der Waals surface area contributed by atoms with Gasteiger partial charge in [0.25, 0.3) is 10.0 Å². The Bertz CT molecular complexity index is 718. The average Bonchev–Trinajstić information content (AvgIpc) is 2.68. The first-order valence-electron chi connectivity index (χ1n) is 6.31. The number of rotatable bonds is 4. The Balaban J connectivity index is 2.55. The van der Waals surface area contributed by atoms with Gasteiger partial charge in [0.05, 0.1) is 16.3 Å². The molecule has 0 aliphatic heterocycles. The Morgan fingerprint density at radius 3 is 2.30 bits per heavy atom. The second kappa shape index (κ2) is 5.58. The summed E-state index contributed by atoms with van der Waals surface area (Å²) in [6.07, 6.45) is 0.614. The fourth-order valence-corrected chi connectivity index (χ4v) is 3.72. The van der Waals surface area contributed by atoms with Gasteiger partial charge in [-0.25, -0.2) is 0 Å². The molecule has 1 aromatic carbocycles. The lowest BCUT2D eigenvalue weighted by Gasteiger charge is -2.07. The van der Waals surface area contributed by atoms with Crippen LogP contribution >= 0.6 is 11.6 Å². The zero-order chi connectivity index (χ0) is 14.9. The van der Waals surface area contributed by atoms with Crippen LogP contribution in [-0.4, -0.2) is 23.5 Å². The summed E-state index contributed by atoms with van der Waals surface area (Å²) in [5, 5.41) is 4.17. The maximum Gasteiger partial charge on any atom is 0.283 e. The van der Waals surface area contributed by atoms with E-state index in [0.717, 1.165) is 15.2 Å². The van der Waals surface area contributed by atoms with Crippen molar-refractivity contribution in [3.63, 3.8) is 0 Å². The van der Waals surface area contributed by atoms with Gasteiger partial charge in [-0.2, -0.15) is 17.6 Å². The SMILES string of the molecule is Cc1ccc(S(=O)(=O)n2nc(C)c(CCCl)c2C)cc1. The monoisotopic (exact) mass is 312 g/mol. The first kappa shape index (κ1) is 15.1. The van der Waals surface area contributed by atoms with Crippen LogP contribution in [-0.2, 0) is 16.4 Å². The van der Waals surface area contributed by atoms with Crippen LogP contribution in [0.25, 0.3) is 0 Å². The highest BCUT2D eigenvalue weighted by atomic mass is 35.5. The molecule has 2 rings (SSSR count). The molecule has 0 fully saturated rings. The maximum atomic E-state index is 12.6. The predicted molar refractivity (Wildman–Crippen MR) is 79.9 cm³/mol. The van der Waals surface area contributed by atoms with Crippen LogP contribution in [0, 0.1) is 20.8 Å². The van der Waals surface area contributed by atoms with E-state index in [0.29, 0.717) is 23.7 Å². The minimum Gasteiger partial charge on any atom is -0.199 e. The minimum atomic E-state index is -3.64. The topological polar surface area (TPSA) is 52.0 Å². The molecular weight excluding hydrogens is 296 g/mol. The molecule has 4 nitrogen and oxygen atoms in total. The lowest BCUT2D eigenvalue weighted by Crippen LogP contribution is -2.16. The smallest absolute Gasteiger partial charge is 0.199 e. The second-order valence-electron chi connectivity index (χ2n) is 4.75. The van der Waals surface area contributed by atoms with E-state index < -0.39 is 10.0 Å². The Morgan fingerprint density at radius 1 is 1.15 bits per heavy atom. The molecule has 0 aliphatic carbocycles. The van der Waals surface area contributed by atoms with Crippen molar-refractivity contribution in [2.24, 2.45) is 0 Å². The highest BCUT2D eigenvalue weighted by Gasteiger charge is 2.23. The lowest BCUT2D eigenvalue weighted by atomic mass is 10.1. The molecule has 0 radical (unpaired) electrons. The molecule has 1 heterocycles. The number of halogens is 1. The Hall–Kier alpha value is -1.33. The van der Waals surface area contributed by atoms with Gasteiger partial charge in [-0.3, -0.25) is 0 Å². The standard InChI is InChI=1S/C14H17ClN2O2S/c1-10-4-6-13(7-5-10)20(18,19)17-12(3)14(8-9-15)11(2)16-17/h4-7H,8-9H2,1-3H3. The molecule has 0 N–H and O–H groups in total. The number of hydrogen-bond donors (Lipinski definition) is 0. The third-order valence-electron chi connectivity index (χ3n) is 3.29. The summed E-state index contributed by atoms with van der Waals surface area (Å²) in [6.45, 7) is 5.47. The van der Waals surface area contributed by atoms with Crippen LogP contribution in [0.1, 0.15) is 22.5 Å². The quantitative estimate of drug-likeness (QED) is 0.816. The van der Waals surface area contributed by atoms with Gasteiger partial charge < -0.3 is 0 Å². The third-order valence-corrected chi connectivity index (χ3v) is 5.16. The molecule has 0 atom stereocenters. The summed E-state index contributed by atoms with van der Waals surface area (Å²) in [6, 6.07) is 6.75. The largest absolute Gasteiger partial charge is 0.283 e. The third kappa shape index (κ3) is 2.60. The van der Waals surface area contributed by atoms with Crippen LogP contribution in [0.2, 0.25) is 0 Å². The molecule has 0 unspecified atom stereocenters. The van der Waals surface area contributed by atoms with E-state index in [9.17, 15) is 8.42 Å². The number of alkyl halides is 1. The number of nitrogens with zero attached hydrogens (tertiary/aromatic N) is 2. The number of hydrogen-bond acceptors (Lipinski definition) is 3. The van der Waals surface area contributed by atoms with E-state index in [2.05, 4.69) is 5.10 Å². The molecule has 2 aromatic rings. The van der Waals surface area contributed by atoms with Gasteiger partial charge in [0.1, 0.15) is 0 Å². The molecule has 20 heavy (non-hydrogen) atoms. The second-order valence-corrected chi connectivity index (χ2v) is 6.89. The summed E-state index contributed by atoms with van der Waals surface area (Å²) in [5.74, 6) is 0.442. The maximum absolute atomic E-state index is 12.6. The van der Waals surface area contributed by atoms with Gasteiger partial charge >= 0.3 is 0 Å². The van der Waals surface area contributed by atoms with Gasteiger partial charge in [0, 0.05) is 5.88 Å². The molecule has 0 saturated heterocycles. The Kier molecular flexibility index (Phi) is 4.20. The number of aryl methyl sites for hydroxylation is 2. The molecule has 0 aliphatic rings. The fourth-order valence-electron chi connectivity index (χ4n) is 2.15. The zero-order valence-corrected chi connectivity index (χ0v) is 13.3. The molecule has 0 amide bonds. The molecule has 0 spiro atoms. The Morgan fingerprint density at radius 2 is 1.75 bits per heavy atom. The van der Waals surface area contributed by atoms with Gasteiger partial charge in [0.2, 0.25) is 0 Å². The van der Waals surface area contributed by atoms with Crippen LogP contribution in [0.15, 0.2) is 29.2 Å². The first-order valence-corrected chi connectivity index (χ1v) is 8.28. The van der Waals surface area contributed by atoms with Gasteiger partial charge in [-0.1, -0.05) is 17.7 Å². The average molecular weight is 313 g/mol. The predicted octanol–water partition coefficient (Wildman–Crippen LogP) is 2.83. The van der Waals surface area contributed by atoms with Crippen LogP contribution in [0.5, 0.6) is 0 Å². The molecular formula is C14H17ClN2O2S. The van der Waals surface area contributed by atoms with Crippen LogP contribution in [0.3, 0.4) is 0 Å². The molecule has 1 aromatic heterocycles. The Labute approximate surface area is 124 Å². The lowest BCUT2D eigenvalue weighted by molar-refractivity contribution is 0.577. The number of aromatic nitrogens is 2. The van der Waals surface area contributed by atoms with Gasteiger partial charge in [-0.15, -0.1) is 11.6 Å². The highest BCUT2D eigenvalue weighted by Crippen LogP contribution is 2.20. The van der Waals surface area contributed by atoms with Crippen LogP contribution < -0.4 is 0 Å². The van der Waals surface area contributed by atoms with Crippen molar-refractivity contribution in [1.29, 1.82) is 0 Å². The van der Waals surface area contributed by atoms with Crippen molar-refractivity contribution in [1.82, 2.24) is 9.19 Å². The van der Waals surface area contributed by atoms with Crippen molar-refractivity contribution >= 4 is 21.6 Å². The van der Waals surface area contributed by atoms with Crippen molar-refractivity contribution in [3.8, 4) is 0 Å². The van der Waals surface area contributed by atoms with Gasteiger partial charge in [0.15, 0.2) is 0 Å². The summed E-state index contributed by atoms with van der Waals surface area (Å²) < 4.78 is 26.3. The van der Waals surface area contributed by atoms with E-state index in [1.54, 1.807) is 38.1 Å². The molecule has 0 bridgehead atoms. The minimum absolute atomic E-state index is 0.242. The van der Waals surface area contributed by atoms with E-state index in [4.69, 9.17) is 11.6 Å². The van der Waals surface area contributed by atoms with Crippen LogP contribution in [0.4, 0.5) is 0 Å². The van der Waals surface area contributed by atoms with Gasteiger partial charge in [-0.05, 0) is 44.9 Å². The fraction of sp³-hybridized carbons (Fsp3) is 0.357. The van der Waals surface area contributed by atoms with Crippen molar-refractivity contribution in [2.45, 2.75) is 32.1 Å². The van der Waals surface area contributed by atoms with E-state index >= 15 is 0 Å². The summed E-state index contributed by atoms with van der Waals surface area (Å²) >= 11 is 5.75. The summed E-state index contributed by atoms with van der Waals surface area (Å²) in [4.78, 5) is 0.242. The molecule has 6 heteroatoms. The van der Waals surface area contributed by atoms with E-state index in [-0.39, 0.29) is 4.90 Å². The normalized spacial score (nSPS) is 11.8. The molecule has 0 saturated carbocycles. The highest BCUT2D eigenvalue weighted by molar-refractivity contribution is 7.89.